The van der Waals surface area contributed by atoms with Gasteiger partial charge in [-0.25, -0.2) is 12.7 Å². The van der Waals surface area contributed by atoms with Crippen molar-refractivity contribution in [3.05, 3.63) is 0 Å². The number of hydrogen-bond acceptors (Lipinski definition) is 7. The molecule has 1 atom stereocenters. The van der Waals surface area contributed by atoms with Crippen molar-refractivity contribution in [2.75, 3.05) is 29.9 Å². The van der Waals surface area contributed by atoms with Crippen LogP contribution in [0.5, 0.6) is 0 Å². The third-order valence-corrected chi connectivity index (χ3v) is 7.61. The van der Waals surface area contributed by atoms with E-state index in [1.54, 1.807) is 18.7 Å². The second-order valence-electron chi connectivity index (χ2n) is 5.31. The molecule has 10 heteroatoms. The Kier molecular flexibility index (Phi) is 6.81. The molecule has 0 saturated carbocycles. The molecule has 130 valence electrons. The summed E-state index contributed by atoms with van der Waals surface area (Å²) >= 11 is 2.97. The minimum absolute atomic E-state index is 0.0652. The molecule has 1 aliphatic heterocycles. The van der Waals surface area contributed by atoms with Crippen LogP contribution in [0.25, 0.3) is 0 Å². The van der Waals surface area contributed by atoms with Crippen molar-refractivity contribution >= 4 is 44.2 Å². The van der Waals surface area contributed by atoms with Crippen LogP contribution in [0.3, 0.4) is 0 Å². The van der Waals surface area contributed by atoms with Gasteiger partial charge in [0.05, 0.1) is 11.7 Å². The van der Waals surface area contributed by atoms with Crippen LogP contribution in [0.15, 0.2) is 4.34 Å². The maximum absolute atomic E-state index is 12.4. The van der Waals surface area contributed by atoms with Crippen LogP contribution in [0, 0.1) is 5.92 Å². The lowest BCUT2D eigenvalue weighted by molar-refractivity contribution is -0.120. The minimum Gasteiger partial charge on any atom is -0.300 e. The summed E-state index contributed by atoms with van der Waals surface area (Å²) in [5.41, 5.74) is 0. The molecule has 2 heterocycles. The van der Waals surface area contributed by atoms with E-state index in [2.05, 4.69) is 22.4 Å². The molecule has 1 saturated heterocycles. The molecule has 1 amide bonds. The first-order valence-corrected chi connectivity index (χ1v) is 11.1. The number of carbonyl (C=O) groups is 1. The van der Waals surface area contributed by atoms with Crippen molar-refractivity contribution in [3.8, 4) is 0 Å². The molecule has 1 aromatic heterocycles. The minimum atomic E-state index is -3.24. The Morgan fingerprint density at radius 2 is 2.22 bits per heavy atom. The summed E-state index contributed by atoms with van der Waals surface area (Å²) < 4.78 is 26.2. The number of nitrogens with one attached hydrogen (secondary N) is 1. The van der Waals surface area contributed by atoms with Gasteiger partial charge in [-0.3, -0.25) is 4.79 Å². The van der Waals surface area contributed by atoms with E-state index in [4.69, 9.17) is 0 Å². The Morgan fingerprint density at radius 3 is 2.91 bits per heavy atom. The van der Waals surface area contributed by atoms with Gasteiger partial charge in [-0.1, -0.05) is 30.0 Å². The molecule has 1 fully saturated rings. The number of hydrogen-bond donors (Lipinski definition) is 1. The van der Waals surface area contributed by atoms with E-state index in [9.17, 15) is 13.2 Å². The van der Waals surface area contributed by atoms with Gasteiger partial charge in [0.25, 0.3) is 0 Å². The monoisotopic (exact) mass is 378 g/mol. The second-order valence-corrected chi connectivity index (χ2v) is 9.89. The zero-order chi connectivity index (χ0) is 16.9. The molecule has 0 aromatic carbocycles. The van der Waals surface area contributed by atoms with E-state index < -0.39 is 10.0 Å². The molecule has 7 nitrogen and oxygen atoms in total. The van der Waals surface area contributed by atoms with Gasteiger partial charge in [0.2, 0.25) is 21.1 Å². The van der Waals surface area contributed by atoms with E-state index in [0.717, 1.165) is 16.5 Å². The highest BCUT2D eigenvalue weighted by molar-refractivity contribution is 8.01. The summed E-state index contributed by atoms with van der Waals surface area (Å²) in [6, 6.07) is 0. The molecular formula is C13H22N4O3S3. The highest BCUT2D eigenvalue weighted by atomic mass is 32.2. The van der Waals surface area contributed by atoms with Crippen molar-refractivity contribution < 1.29 is 13.2 Å². The highest BCUT2D eigenvalue weighted by Gasteiger charge is 2.31. The lowest BCUT2D eigenvalue weighted by atomic mass is 9.99. The first-order valence-electron chi connectivity index (χ1n) is 7.71. The Bertz CT molecular complexity index is 632. The predicted octanol–water partition coefficient (Wildman–Crippen LogP) is 2.04. The summed E-state index contributed by atoms with van der Waals surface area (Å²) in [7, 11) is -3.24. The van der Waals surface area contributed by atoms with Gasteiger partial charge in [-0.05, 0) is 26.2 Å². The summed E-state index contributed by atoms with van der Waals surface area (Å²) in [5.74, 6) is 0.523. The van der Waals surface area contributed by atoms with Crippen LogP contribution >= 0.6 is 23.1 Å². The number of thioether (sulfide) groups is 1. The van der Waals surface area contributed by atoms with Crippen molar-refractivity contribution in [3.63, 3.8) is 0 Å². The van der Waals surface area contributed by atoms with Gasteiger partial charge in [-0.2, -0.15) is 0 Å². The third-order valence-electron chi connectivity index (χ3n) is 3.58. The van der Waals surface area contributed by atoms with Gasteiger partial charge >= 0.3 is 0 Å². The molecule has 0 radical (unpaired) electrons. The van der Waals surface area contributed by atoms with E-state index in [0.29, 0.717) is 24.5 Å². The van der Waals surface area contributed by atoms with Crippen molar-refractivity contribution in [1.29, 1.82) is 0 Å². The smallest absolute Gasteiger partial charge is 0.230 e. The van der Waals surface area contributed by atoms with Gasteiger partial charge < -0.3 is 5.32 Å². The zero-order valence-corrected chi connectivity index (χ0v) is 15.8. The number of carbonyl (C=O) groups excluding carboxylic acids is 1. The lowest BCUT2D eigenvalue weighted by Crippen LogP contribution is -2.44. The van der Waals surface area contributed by atoms with Gasteiger partial charge in [0.1, 0.15) is 0 Å². The normalized spacial score (nSPS) is 19.7. The summed E-state index contributed by atoms with van der Waals surface area (Å²) in [5, 5.41) is 11.2. The van der Waals surface area contributed by atoms with E-state index in [1.165, 1.54) is 15.6 Å². The van der Waals surface area contributed by atoms with E-state index in [1.807, 2.05) is 0 Å². The van der Waals surface area contributed by atoms with Gasteiger partial charge in [0.15, 0.2) is 4.34 Å². The molecule has 0 aliphatic carbocycles. The quantitative estimate of drug-likeness (QED) is 0.576. The first-order chi connectivity index (χ1) is 11.0. The molecule has 2 rings (SSSR count). The number of anilines is 1. The standard InChI is InChI=1S/C13H22N4O3S3/c1-3-8-21-13-16-15-12(22-13)14-11(18)10-6-5-7-17(9-10)23(19,20)4-2/h10H,3-9H2,1-2H3,(H,14,15,18)/t10-/m0/s1. The number of rotatable bonds is 7. The van der Waals surface area contributed by atoms with E-state index in [-0.39, 0.29) is 24.1 Å². The second kappa shape index (κ2) is 8.41. The number of amides is 1. The fourth-order valence-corrected chi connectivity index (χ4v) is 5.17. The van der Waals surface area contributed by atoms with Crippen LogP contribution in [0.4, 0.5) is 5.13 Å². The largest absolute Gasteiger partial charge is 0.300 e. The third kappa shape index (κ3) is 5.13. The summed E-state index contributed by atoms with van der Waals surface area (Å²) in [6.45, 7) is 4.46. The maximum Gasteiger partial charge on any atom is 0.230 e. The Labute approximate surface area is 145 Å². The average Bonchev–Trinajstić information content (AvgIpc) is 3.00. The topological polar surface area (TPSA) is 92.3 Å². The lowest BCUT2D eigenvalue weighted by Gasteiger charge is -2.30. The Morgan fingerprint density at radius 1 is 1.43 bits per heavy atom. The highest BCUT2D eigenvalue weighted by Crippen LogP contribution is 2.27. The molecule has 0 spiro atoms. The van der Waals surface area contributed by atoms with Gasteiger partial charge in [-0.15, -0.1) is 10.2 Å². The van der Waals surface area contributed by atoms with Crippen molar-refractivity contribution in [1.82, 2.24) is 14.5 Å². The SMILES string of the molecule is CCCSc1nnc(NC(=O)[C@H]2CCCN(S(=O)(=O)CC)C2)s1. The zero-order valence-electron chi connectivity index (χ0n) is 13.3. The number of piperidine rings is 1. The number of sulfonamides is 1. The molecule has 1 aromatic rings. The first kappa shape index (κ1) is 18.6. The van der Waals surface area contributed by atoms with Crippen LogP contribution in [-0.2, 0) is 14.8 Å². The predicted molar refractivity (Wildman–Crippen MR) is 93.3 cm³/mol. The molecule has 0 unspecified atom stereocenters. The Hall–Kier alpha value is -0.710. The molecule has 1 aliphatic rings. The fraction of sp³-hybridized carbons (Fsp3) is 0.769. The van der Waals surface area contributed by atoms with Crippen LogP contribution in [0.2, 0.25) is 0 Å². The molecule has 23 heavy (non-hydrogen) atoms. The molecular weight excluding hydrogens is 356 g/mol. The Balaban J connectivity index is 1.93. The van der Waals surface area contributed by atoms with Crippen LogP contribution in [-0.4, -0.2) is 53.4 Å². The number of nitrogens with zero attached hydrogens (tertiary/aromatic N) is 3. The molecule has 1 N–H and O–H groups in total. The number of aromatic nitrogens is 2. The van der Waals surface area contributed by atoms with Crippen LogP contribution in [0.1, 0.15) is 33.1 Å². The van der Waals surface area contributed by atoms with Crippen molar-refractivity contribution in [2.45, 2.75) is 37.4 Å². The maximum atomic E-state index is 12.4. The average molecular weight is 379 g/mol. The van der Waals surface area contributed by atoms with E-state index >= 15 is 0 Å². The fourth-order valence-electron chi connectivity index (χ4n) is 2.31. The van der Waals surface area contributed by atoms with Crippen LogP contribution < -0.4 is 5.32 Å². The van der Waals surface area contributed by atoms with Crippen molar-refractivity contribution in [2.24, 2.45) is 5.92 Å². The molecule has 0 bridgehead atoms. The van der Waals surface area contributed by atoms with Gasteiger partial charge in [0, 0.05) is 18.8 Å². The summed E-state index contributed by atoms with van der Waals surface area (Å²) in [6.07, 6.45) is 2.44. The summed E-state index contributed by atoms with van der Waals surface area (Å²) in [4.78, 5) is 12.4.